The van der Waals surface area contributed by atoms with Crippen molar-refractivity contribution in [1.82, 2.24) is 4.57 Å². The Morgan fingerprint density at radius 3 is 2.35 bits per heavy atom. The number of hydrogen-bond donors (Lipinski definition) is 0. The van der Waals surface area contributed by atoms with Gasteiger partial charge in [0.15, 0.2) is 5.76 Å². The lowest BCUT2D eigenvalue weighted by atomic mass is 10.1. The van der Waals surface area contributed by atoms with Gasteiger partial charge in [-0.05, 0) is 55.5 Å². The molecule has 8 heteroatoms. The molecule has 0 fully saturated rings. The maximum Gasteiger partial charge on any atom is 0.351 e. The van der Waals surface area contributed by atoms with Crippen molar-refractivity contribution in [3.05, 3.63) is 83.2 Å². The minimum atomic E-state index is -0.657. The van der Waals surface area contributed by atoms with Crippen molar-refractivity contribution in [2.45, 2.75) is 13.5 Å². The molecule has 0 amide bonds. The predicted molar refractivity (Wildman–Crippen MR) is 138 cm³/mol. The monoisotopic (exact) mass is 499 g/mol. The largest absolute Gasteiger partial charge is 0.497 e. The molecule has 8 nitrogen and oxygen atoms in total. The number of rotatable bonds is 7. The highest BCUT2D eigenvalue weighted by molar-refractivity contribution is 6.15. The van der Waals surface area contributed by atoms with Crippen LogP contribution in [0.25, 0.3) is 17.0 Å². The van der Waals surface area contributed by atoms with Gasteiger partial charge >= 0.3 is 5.97 Å². The molecule has 0 N–H and O–H groups in total. The van der Waals surface area contributed by atoms with Gasteiger partial charge in [0.2, 0.25) is 5.78 Å². The number of carbonyl (C=O) groups is 2. The number of ether oxygens (including phenoxy) is 5. The van der Waals surface area contributed by atoms with E-state index < -0.39 is 5.97 Å². The number of nitrogens with zero attached hydrogens (tertiary/aromatic N) is 1. The molecule has 0 spiro atoms. The Bertz CT molecular complexity index is 1540. The molecule has 0 radical (unpaired) electrons. The van der Waals surface area contributed by atoms with E-state index in [4.69, 9.17) is 23.7 Å². The Morgan fingerprint density at radius 2 is 1.68 bits per heavy atom. The first kappa shape index (κ1) is 24.0. The summed E-state index contributed by atoms with van der Waals surface area (Å²) in [5.74, 6) is 1.18. The third-order valence-corrected chi connectivity index (χ3v) is 6.23. The van der Waals surface area contributed by atoms with Gasteiger partial charge < -0.3 is 28.3 Å². The Balaban J connectivity index is 1.44. The molecule has 4 aromatic rings. The molecule has 0 atom stereocenters. The molecule has 3 aromatic carbocycles. The Kier molecular flexibility index (Phi) is 6.31. The number of Topliss-reactive ketones (excluding diaryl/α,β-unsaturated/α-hetero) is 1. The minimum Gasteiger partial charge on any atom is -0.497 e. The molecule has 0 saturated heterocycles. The fraction of sp³-hybridized carbons (Fsp3) is 0.172. The number of esters is 1. The normalized spacial score (nSPS) is 13.4. The van der Waals surface area contributed by atoms with Crippen molar-refractivity contribution >= 4 is 28.7 Å². The summed E-state index contributed by atoms with van der Waals surface area (Å²) in [6.07, 6.45) is 3.70. The first-order chi connectivity index (χ1) is 18.0. The average Bonchev–Trinajstić information content (AvgIpc) is 3.43. The smallest absolute Gasteiger partial charge is 0.351 e. The van der Waals surface area contributed by atoms with E-state index in [0.29, 0.717) is 22.8 Å². The van der Waals surface area contributed by atoms with E-state index in [1.54, 1.807) is 43.5 Å². The summed E-state index contributed by atoms with van der Waals surface area (Å²) in [6, 6.07) is 15.5. The number of hydrogen-bond acceptors (Lipinski definition) is 7. The summed E-state index contributed by atoms with van der Waals surface area (Å²) in [5.41, 5.74) is 2.41. The van der Waals surface area contributed by atoms with Crippen LogP contribution in [0.4, 0.5) is 0 Å². The van der Waals surface area contributed by atoms with Crippen LogP contribution in [0.3, 0.4) is 0 Å². The third-order valence-electron chi connectivity index (χ3n) is 6.23. The fourth-order valence-electron chi connectivity index (χ4n) is 4.39. The number of carbonyl (C=O) groups excluding carboxylic acids is 2. The van der Waals surface area contributed by atoms with Gasteiger partial charge in [-0.1, -0.05) is 6.07 Å². The molecule has 0 aliphatic carbocycles. The Hall–Kier alpha value is -4.72. The highest BCUT2D eigenvalue weighted by atomic mass is 16.5. The first-order valence-electron chi connectivity index (χ1n) is 11.7. The summed E-state index contributed by atoms with van der Waals surface area (Å²) in [6.45, 7) is 2.82. The molecular formula is C29H25NO7. The highest BCUT2D eigenvalue weighted by Gasteiger charge is 2.29. The topological polar surface area (TPSA) is 85.2 Å². The van der Waals surface area contributed by atoms with Crippen LogP contribution in [0.15, 0.2) is 66.6 Å². The fourth-order valence-corrected chi connectivity index (χ4v) is 4.39. The number of aromatic nitrogens is 1. The molecule has 1 aliphatic heterocycles. The maximum absolute atomic E-state index is 13.1. The van der Waals surface area contributed by atoms with E-state index in [2.05, 4.69) is 11.5 Å². The lowest BCUT2D eigenvalue weighted by molar-refractivity contribution is 0.0727. The van der Waals surface area contributed by atoms with Crippen molar-refractivity contribution in [3.63, 3.8) is 0 Å². The van der Waals surface area contributed by atoms with Gasteiger partial charge in [-0.3, -0.25) is 4.79 Å². The number of aryl methyl sites for hydroxylation is 1. The number of methoxy groups -OCH3 is 3. The van der Waals surface area contributed by atoms with Gasteiger partial charge in [-0.25, -0.2) is 4.79 Å². The van der Waals surface area contributed by atoms with E-state index in [0.717, 1.165) is 28.8 Å². The zero-order chi connectivity index (χ0) is 26.1. The molecule has 5 rings (SSSR count). The molecule has 188 valence electrons. The van der Waals surface area contributed by atoms with Crippen molar-refractivity contribution in [2.75, 3.05) is 21.3 Å². The lowest BCUT2D eigenvalue weighted by Gasteiger charge is -2.12. The van der Waals surface area contributed by atoms with Gasteiger partial charge in [0.25, 0.3) is 0 Å². The minimum absolute atomic E-state index is 0.160. The van der Waals surface area contributed by atoms with Crippen LogP contribution >= 0.6 is 0 Å². The van der Waals surface area contributed by atoms with Gasteiger partial charge in [-0.15, -0.1) is 0 Å². The molecule has 2 heterocycles. The number of benzene rings is 3. The predicted octanol–water partition coefficient (Wildman–Crippen LogP) is 5.52. The second-order valence-corrected chi connectivity index (χ2v) is 8.28. The summed E-state index contributed by atoms with van der Waals surface area (Å²) >= 11 is 0. The van der Waals surface area contributed by atoms with E-state index in [1.165, 1.54) is 20.3 Å². The van der Waals surface area contributed by atoms with Crippen LogP contribution in [0.5, 0.6) is 28.7 Å². The molecule has 1 aromatic heterocycles. The number of ketones is 1. The Morgan fingerprint density at radius 1 is 0.946 bits per heavy atom. The zero-order valence-corrected chi connectivity index (χ0v) is 20.9. The molecule has 0 unspecified atom stereocenters. The van der Waals surface area contributed by atoms with E-state index in [1.807, 2.05) is 24.4 Å². The van der Waals surface area contributed by atoms with Gasteiger partial charge in [0, 0.05) is 35.3 Å². The second-order valence-electron chi connectivity index (χ2n) is 8.28. The summed E-state index contributed by atoms with van der Waals surface area (Å²) < 4.78 is 29.6. The molecule has 0 saturated carbocycles. The highest BCUT2D eigenvalue weighted by Crippen LogP contribution is 2.37. The van der Waals surface area contributed by atoms with Gasteiger partial charge in [0.1, 0.15) is 34.3 Å². The van der Waals surface area contributed by atoms with E-state index >= 15 is 0 Å². The molecule has 37 heavy (non-hydrogen) atoms. The Labute approximate surface area is 213 Å². The van der Waals surface area contributed by atoms with Crippen molar-refractivity contribution < 1.29 is 33.3 Å². The summed E-state index contributed by atoms with van der Waals surface area (Å²) in [7, 11) is 4.54. The standard InChI is InChI=1S/C29H25NO7/c1-5-30-16-17(21-14-18(33-2)10-12-22(21)30)13-26-28(31)20-11-9-19(15-25(20)37-26)36-29(32)27-23(34-3)7-6-8-24(27)35-4/h6-16H,5H2,1-4H3/b26-13-. The zero-order valence-electron chi connectivity index (χ0n) is 20.9. The van der Waals surface area contributed by atoms with Crippen molar-refractivity contribution in [1.29, 1.82) is 0 Å². The summed E-state index contributed by atoms with van der Waals surface area (Å²) in [4.78, 5) is 26.0. The second kappa shape index (κ2) is 9.73. The van der Waals surface area contributed by atoms with Crippen molar-refractivity contribution in [3.8, 4) is 28.7 Å². The van der Waals surface area contributed by atoms with Crippen LogP contribution in [0.2, 0.25) is 0 Å². The lowest BCUT2D eigenvalue weighted by Crippen LogP contribution is -2.12. The van der Waals surface area contributed by atoms with Crippen LogP contribution in [-0.4, -0.2) is 37.6 Å². The van der Waals surface area contributed by atoms with Crippen LogP contribution < -0.4 is 23.7 Å². The van der Waals surface area contributed by atoms with E-state index in [-0.39, 0.29) is 22.9 Å². The average molecular weight is 500 g/mol. The molecule has 1 aliphatic rings. The van der Waals surface area contributed by atoms with Gasteiger partial charge in [0.05, 0.1) is 26.9 Å². The first-order valence-corrected chi connectivity index (χ1v) is 11.7. The third kappa shape index (κ3) is 4.27. The molecule has 0 bridgehead atoms. The number of allylic oxidation sites excluding steroid dienone is 1. The maximum atomic E-state index is 13.1. The number of fused-ring (bicyclic) bond motifs is 2. The van der Waals surface area contributed by atoms with E-state index in [9.17, 15) is 9.59 Å². The SMILES string of the molecule is CCn1cc(/C=C2\Oc3cc(OC(=O)c4c(OC)cccc4OC)ccc3C2=O)c2cc(OC)ccc21. The summed E-state index contributed by atoms with van der Waals surface area (Å²) in [5, 5.41) is 0.946. The van der Waals surface area contributed by atoms with Gasteiger partial charge in [-0.2, -0.15) is 0 Å². The van der Waals surface area contributed by atoms with Crippen LogP contribution in [-0.2, 0) is 6.54 Å². The van der Waals surface area contributed by atoms with Crippen LogP contribution in [0.1, 0.15) is 33.2 Å². The quantitative estimate of drug-likeness (QED) is 0.188. The van der Waals surface area contributed by atoms with Crippen molar-refractivity contribution in [2.24, 2.45) is 0 Å². The van der Waals surface area contributed by atoms with Crippen LogP contribution in [0, 0.1) is 0 Å². The molecular weight excluding hydrogens is 474 g/mol.